The summed E-state index contributed by atoms with van der Waals surface area (Å²) in [5, 5.41) is 0. The van der Waals surface area contributed by atoms with Crippen molar-refractivity contribution >= 4 is 0 Å². The maximum absolute atomic E-state index is 2.36. The number of benzene rings is 1. The van der Waals surface area contributed by atoms with Gasteiger partial charge in [-0.05, 0) is 34.9 Å². The maximum atomic E-state index is 2.36. The average molecular weight is 203 g/mol. The maximum Gasteiger partial charge on any atom is -0.00118 e. The second kappa shape index (κ2) is 5.34. The lowest BCUT2D eigenvalue weighted by Gasteiger charge is -2.13. The Morgan fingerprint density at radius 2 is 1.80 bits per heavy atom. The van der Waals surface area contributed by atoms with Crippen LogP contribution in [0.15, 0.2) is 18.2 Å². The van der Waals surface area contributed by atoms with Crippen LogP contribution in [0.5, 0.6) is 0 Å². The number of hydrogen-bond acceptors (Lipinski definition) is 0. The molecule has 0 fully saturated rings. The quantitative estimate of drug-likeness (QED) is 0.664. The Balaban J connectivity index is 3.08. The summed E-state index contributed by atoms with van der Waals surface area (Å²) >= 11 is 0. The van der Waals surface area contributed by atoms with Crippen LogP contribution in [-0.4, -0.2) is 0 Å². The third kappa shape index (κ3) is 3.37. The first-order valence-corrected chi connectivity index (χ1v) is 5.99. The van der Waals surface area contributed by atoms with Gasteiger partial charge in [-0.3, -0.25) is 0 Å². The van der Waals surface area contributed by atoms with E-state index in [0.717, 1.165) is 0 Å². The zero-order valence-corrected chi connectivity index (χ0v) is 10.7. The van der Waals surface area contributed by atoms with Crippen molar-refractivity contribution in [2.75, 3.05) is 0 Å². The predicted octanol–water partition coefficient (Wildman–Crippen LogP) is 4.72. The second-order valence-electron chi connectivity index (χ2n) is 4.87. The van der Waals surface area contributed by atoms with E-state index >= 15 is 0 Å². The van der Waals surface area contributed by atoms with Crippen LogP contribution in [-0.2, 0) is 6.42 Å². The zero-order chi connectivity index (χ0) is 11.4. The lowest BCUT2D eigenvalue weighted by Crippen LogP contribution is -1.97. The van der Waals surface area contributed by atoms with Crippen LogP contribution in [0.3, 0.4) is 0 Å². The van der Waals surface area contributed by atoms with Gasteiger partial charge in [0.15, 0.2) is 0 Å². The molecule has 0 nitrogen and oxygen atoms in total. The van der Waals surface area contributed by atoms with E-state index in [4.69, 9.17) is 0 Å². The van der Waals surface area contributed by atoms with Gasteiger partial charge in [0.1, 0.15) is 0 Å². The Bertz CT molecular complexity index is 282. The van der Waals surface area contributed by atoms with E-state index in [0.29, 0.717) is 5.92 Å². The molecule has 0 heteroatoms. The SMILES string of the molecule is CCCc1cc([C](C)C)cc(C(C)C)c1. The Labute approximate surface area is 94.7 Å². The fourth-order valence-electron chi connectivity index (χ4n) is 1.77. The van der Waals surface area contributed by atoms with Gasteiger partial charge >= 0.3 is 0 Å². The summed E-state index contributed by atoms with van der Waals surface area (Å²) in [6.07, 6.45) is 2.42. The molecule has 0 aliphatic heterocycles. The summed E-state index contributed by atoms with van der Waals surface area (Å²) in [4.78, 5) is 0. The highest BCUT2D eigenvalue weighted by Gasteiger charge is 2.06. The zero-order valence-electron chi connectivity index (χ0n) is 10.7. The van der Waals surface area contributed by atoms with Crippen molar-refractivity contribution in [1.29, 1.82) is 0 Å². The summed E-state index contributed by atoms with van der Waals surface area (Å²) in [7, 11) is 0. The Morgan fingerprint density at radius 1 is 1.13 bits per heavy atom. The first-order valence-electron chi connectivity index (χ1n) is 5.99. The van der Waals surface area contributed by atoms with Crippen molar-refractivity contribution in [3.05, 3.63) is 40.8 Å². The molecule has 0 amide bonds. The Morgan fingerprint density at radius 3 is 2.27 bits per heavy atom. The summed E-state index contributed by atoms with van der Waals surface area (Å²) < 4.78 is 0. The first kappa shape index (κ1) is 12.3. The van der Waals surface area contributed by atoms with Gasteiger partial charge in [-0.1, -0.05) is 59.2 Å². The van der Waals surface area contributed by atoms with Gasteiger partial charge in [-0.2, -0.15) is 0 Å². The lowest BCUT2D eigenvalue weighted by atomic mass is 9.92. The molecule has 83 valence electrons. The van der Waals surface area contributed by atoms with E-state index in [1.165, 1.54) is 35.4 Å². The summed E-state index contributed by atoms with van der Waals surface area (Å²) in [5.41, 5.74) is 4.36. The molecule has 0 bridgehead atoms. The first-order chi connectivity index (χ1) is 7.04. The third-order valence-electron chi connectivity index (χ3n) is 2.80. The molecule has 0 atom stereocenters. The molecule has 0 unspecified atom stereocenters. The number of aryl methyl sites for hydroxylation is 1. The molecular weight excluding hydrogens is 180 g/mol. The molecule has 0 spiro atoms. The number of rotatable bonds is 4. The van der Waals surface area contributed by atoms with Gasteiger partial charge in [-0.15, -0.1) is 0 Å². The van der Waals surface area contributed by atoms with Crippen molar-refractivity contribution in [1.82, 2.24) is 0 Å². The molecule has 1 rings (SSSR count). The van der Waals surface area contributed by atoms with E-state index in [1.807, 2.05) is 0 Å². The van der Waals surface area contributed by atoms with E-state index < -0.39 is 0 Å². The second-order valence-corrected chi connectivity index (χ2v) is 4.87. The van der Waals surface area contributed by atoms with Gasteiger partial charge in [0.25, 0.3) is 0 Å². The molecule has 0 saturated carbocycles. The van der Waals surface area contributed by atoms with Gasteiger partial charge in [0, 0.05) is 0 Å². The highest BCUT2D eigenvalue weighted by atomic mass is 14.1. The fraction of sp³-hybridized carbons (Fsp3) is 0.533. The summed E-state index contributed by atoms with van der Waals surface area (Å²) in [6.45, 7) is 11.1. The normalized spacial score (nSPS) is 11.4. The van der Waals surface area contributed by atoms with Crippen LogP contribution in [0, 0.1) is 5.92 Å². The summed E-state index contributed by atoms with van der Waals surface area (Å²) in [5.74, 6) is 2.04. The van der Waals surface area contributed by atoms with E-state index in [-0.39, 0.29) is 0 Å². The van der Waals surface area contributed by atoms with Crippen molar-refractivity contribution in [2.45, 2.75) is 53.4 Å². The monoisotopic (exact) mass is 203 g/mol. The molecular formula is C15H23. The van der Waals surface area contributed by atoms with Crippen molar-refractivity contribution < 1.29 is 0 Å². The van der Waals surface area contributed by atoms with Crippen LogP contribution in [0.25, 0.3) is 0 Å². The largest absolute Gasteiger partial charge is 0.0651 e. The standard InChI is InChI=1S/C15H23/c1-6-7-13-8-14(11(2)3)10-15(9-13)12(4)5/h8-11H,6-7H2,1-5H3. The molecule has 1 aromatic rings. The van der Waals surface area contributed by atoms with Crippen LogP contribution in [0.1, 0.15) is 63.6 Å². The fourth-order valence-corrected chi connectivity index (χ4v) is 1.77. The van der Waals surface area contributed by atoms with Crippen molar-refractivity contribution in [3.8, 4) is 0 Å². The smallest absolute Gasteiger partial charge is 0.00118 e. The summed E-state index contributed by atoms with van der Waals surface area (Å²) in [6, 6.07) is 7.03. The van der Waals surface area contributed by atoms with Gasteiger partial charge in [0.05, 0.1) is 0 Å². The Hall–Kier alpha value is -0.780. The van der Waals surface area contributed by atoms with Crippen LogP contribution >= 0.6 is 0 Å². The topological polar surface area (TPSA) is 0 Å². The predicted molar refractivity (Wildman–Crippen MR) is 68.2 cm³/mol. The average Bonchev–Trinajstić information content (AvgIpc) is 2.17. The van der Waals surface area contributed by atoms with E-state index in [1.54, 1.807) is 0 Å². The van der Waals surface area contributed by atoms with Crippen LogP contribution in [0.4, 0.5) is 0 Å². The molecule has 1 radical (unpaired) electrons. The number of hydrogen-bond donors (Lipinski definition) is 0. The van der Waals surface area contributed by atoms with Crippen molar-refractivity contribution in [3.63, 3.8) is 0 Å². The molecule has 0 aliphatic carbocycles. The molecule has 0 aromatic heterocycles. The van der Waals surface area contributed by atoms with Gasteiger partial charge in [-0.25, -0.2) is 0 Å². The van der Waals surface area contributed by atoms with E-state index in [9.17, 15) is 0 Å². The van der Waals surface area contributed by atoms with E-state index in [2.05, 4.69) is 52.8 Å². The van der Waals surface area contributed by atoms with Gasteiger partial charge < -0.3 is 0 Å². The minimum Gasteiger partial charge on any atom is -0.0651 e. The highest BCUT2D eigenvalue weighted by molar-refractivity contribution is 5.38. The molecule has 0 aliphatic rings. The highest BCUT2D eigenvalue weighted by Crippen LogP contribution is 2.23. The third-order valence-corrected chi connectivity index (χ3v) is 2.80. The van der Waals surface area contributed by atoms with Gasteiger partial charge in [0.2, 0.25) is 0 Å². The van der Waals surface area contributed by atoms with Crippen LogP contribution < -0.4 is 0 Å². The minimum absolute atomic E-state index is 0.625. The van der Waals surface area contributed by atoms with Crippen LogP contribution in [0.2, 0.25) is 0 Å². The van der Waals surface area contributed by atoms with Crippen molar-refractivity contribution in [2.24, 2.45) is 0 Å². The molecule has 1 aromatic carbocycles. The molecule has 0 saturated heterocycles. The molecule has 0 heterocycles. The molecule has 0 N–H and O–H groups in total. The lowest BCUT2D eigenvalue weighted by molar-refractivity contribution is 0.849. The molecule has 15 heavy (non-hydrogen) atoms. The Kier molecular flexibility index (Phi) is 4.38. The minimum atomic E-state index is 0.625.